The zero-order valence-corrected chi connectivity index (χ0v) is 17.6. The average molecular weight is 446 g/mol. The summed E-state index contributed by atoms with van der Waals surface area (Å²) in [7, 11) is 0. The first-order valence-corrected chi connectivity index (χ1v) is 10.7. The highest BCUT2D eigenvalue weighted by Gasteiger charge is 2.19. The van der Waals surface area contributed by atoms with Crippen molar-refractivity contribution in [3.8, 4) is 16.9 Å². The van der Waals surface area contributed by atoms with Crippen molar-refractivity contribution in [3.63, 3.8) is 0 Å². The van der Waals surface area contributed by atoms with Gasteiger partial charge in [-0.25, -0.2) is 4.68 Å². The smallest absolute Gasteiger partial charge is 0.273 e. The summed E-state index contributed by atoms with van der Waals surface area (Å²) in [5, 5.41) is 10.5. The Kier molecular flexibility index (Phi) is 6.38. The quantitative estimate of drug-likeness (QED) is 0.397. The van der Waals surface area contributed by atoms with E-state index in [9.17, 15) is 14.4 Å². The fourth-order valence-corrected chi connectivity index (χ4v) is 3.59. The summed E-state index contributed by atoms with van der Waals surface area (Å²) in [5.74, 6) is -1.44. The van der Waals surface area contributed by atoms with Crippen molar-refractivity contribution in [2.75, 3.05) is 6.54 Å². The minimum Gasteiger partial charge on any atom is -0.343 e. The van der Waals surface area contributed by atoms with E-state index >= 15 is 0 Å². The van der Waals surface area contributed by atoms with Gasteiger partial charge in [-0.3, -0.25) is 25.2 Å². The van der Waals surface area contributed by atoms with Gasteiger partial charge in [0.1, 0.15) is 5.69 Å². The Morgan fingerprint density at radius 3 is 2.28 bits per heavy atom. The van der Waals surface area contributed by atoms with Crippen LogP contribution in [0.3, 0.4) is 0 Å². The van der Waals surface area contributed by atoms with Crippen LogP contribution in [0, 0.1) is 0 Å². The van der Waals surface area contributed by atoms with Crippen molar-refractivity contribution in [2.45, 2.75) is 0 Å². The summed E-state index contributed by atoms with van der Waals surface area (Å²) in [6, 6.07) is 20.4. The number of hydrogen-bond donors (Lipinski definition) is 3. The Morgan fingerprint density at radius 2 is 1.59 bits per heavy atom. The number of amides is 3. The molecule has 3 amide bonds. The lowest BCUT2D eigenvalue weighted by atomic mass is 10.1. The zero-order chi connectivity index (χ0) is 22.3. The van der Waals surface area contributed by atoms with Crippen LogP contribution in [0.25, 0.3) is 16.9 Å². The normalized spacial score (nSPS) is 10.4. The van der Waals surface area contributed by atoms with E-state index in [-0.39, 0.29) is 12.5 Å². The van der Waals surface area contributed by atoms with Crippen molar-refractivity contribution in [3.05, 3.63) is 94.8 Å². The van der Waals surface area contributed by atoms with Gasteiger partial charge in [0.25, 0.3) is 17.7 Å². The number of aromatic nitrogens is 2. The first-order valence-electron chi connectivity index (χ1n) is 9.72. The van der Waals surface area contributed by atoms with Crippen LogP contribution in [0.1, 0.15) is 20.7 Å². The number of thiophene rings is 1. The summed E-state index contributed by atoms with van der Waals surface area (Å²) in [5.41, 5.74) is 7.53. The van der Waals surface area contributed by atoms with E-state index in [0.717, 1.165) is 11.3 Å². The van der Waals surface area contributed by atoms with Crippen molar-refractivity contribution in [2.24, 2.45) is 0 Å². The van der Waals surface area contributed by atoms with Crippen LogP contribution in [-0.2, 0) is 4.79 Å². The number of carbonyl (C=O) groups excluding carboxylic acids is 3. The monoisotopic (exact) mass is 445 g/mol. The fraction of sp³-hybridized carbons (Fsp3) is 0.0435. The van der Waals surface area contributed by atoms with Gasteiger partial charge in [-0.2, -0.15) is 16.4 Å². The molecule has 0 aliphatic heterocycles. The molecule has 0 unspecified atom stereocenters. The summed E-state index contributed by atoms with van der Waals surface area (Å²) >= 11 is 1.39. The number of rotatable bonds is 6. The van der Waals surface area contributed by atoms with E-state index in [0.29, 0.717) is 16.8 Å². The van der Waals surface area contributed by atoms with Crippen LogP contribution in [-0.4, -0.2) is 34.0 Å². The van der Waals surface area contributed by atoms with Gasteiger partial charge in [0, 0.05) is 22.7 Å². The predicted molar refractivity (Wildman–Crippen MR) is 121 cm³/mol. The largest absolute Gasteiger partial charge is 0.343 e. The Hall–Kier alpha value is -4.24. The third-order valence-electron chi connectivity index (χ3n) is 4.54. The van der Waals surface area contributed by atoms with Crippen LogP contribution in [0.4, 0.5) is 0 Å². The molecular formula is C23H19N5O3S. The SMILES string of the molecule is O=C(CNC(=O)c1ccsc1)NNC(=O)c1cn(-c2ccccc2)nc1-c1ccccc1. The maximum Gasteiger partial charge on any atom is 0.273 e. The maximum absolute atomic E-state index is 12.8. The maximum atomic E-state index is 12.8. The van der Waals surface area contributed by atoms with Crippen LogP contribution in [0.5, 0.6) is 0 Å². The molecule has 0 atom stereocenters. The van der Waals surface area contributed by atoms with Gasteiger partial charge in [-0.1, -0.05) is 48.5 Å². The Morgan fingerprint density at radius 1 is 0.875 bits per heavy atom. The molecular weight excluding hydrogens is 426 g/mol. The van der Waals surface area contributed by atoms with Gasteiger partial charge < -0.3 is 5.32 Å². The second-order valence-corrected chi connectivity index (χ2v) is 7.51. The molecule has 0 saturated heterocycles. The molecule has 2 aromatic carbocycles. The Labute approximate surface area is 187 Å². The number of nitrogens with one attached hydrogen (secondary N) is 3. The summed E-state index contributed by atoms with van der Waals surface area (Å²) in [6.45, 7) is -0.274. The van der Waals surface area contributed by atoms with Gasteiger partial charge in [-0.05, 0) is 23.6 Å². The Bertz CT molecular complexity index is 1220. The average Bonchev–Trinajstić information content (AvgIpc) is 3.53. The highest BCUT2D eigenvalue weighted by molar-refractivity contribution is 7.08. The van der Waals surface area contributed by atoms with E-state index in [1.54, 1.807) is 27.7 Å². The van der Waals surface area contributed by atoms with Crippen molar-refractivity contribution < 1.29 is 14.4 Å². The topological polar surface area (TPSA) is 105 Å². The second-order valence-electron chi connectivity index (χ2n) is 6.73. The molecule has 0 radical (unpaired) electrons. The molecule has 9 heteroatoms. The zero-order valence-electron chi connectivity index (χ0n) is 16.8. The second kappa shape index (κ2) is 9.71. The lowest BCUT2D eigenvalue weighted by Gasteiger charge is -2.08. The molecule has 0 saturated carbocycles. The molecule has 2 aromatic heterocycles. The minimum atomic E-state index is -0.557. The molecule has 32 heavy (non-hydrogen) atoms. The molecule has 160 valence electrons. The number of benzene rings is 2. The van der Waals surface area contributed by atoms with Crippen molar-refractivity contribution in [1.82, 2.24) is 25.9 Å². The van der Waals surface area contributed by atoms with Gasteiger partial charge in [0.2, 0.25) is 0 Å². The molecule has 0 fully saturated rings. The van der Waals surface area contributed by atoms with Gasteiger partial charge >= 0.3 is 0 Å². The number of carbonyl (C=O) groups is 3. The Balaban J connectivity index is 1.46. The van der Waals surface area contributed by atoms with Crippen LogP contribution < -0.4 is 16.2 Å². The molecule has 8 nitrogen and oxygen atoms in total. The third kappa shape index (κ3) is 4.90. The number of hydrogen-bond acceptors (Lipinski definition) is 5. The van der Waals surface area contributed by atoms with Crippen LogP contribution in [0.2, 0.25) is 0 Å². The number of nitrogens with zero attached hydrogens (tertiary/aromatic N) is 2. The molecule has 0 spiro atoms. The standard InChI is InChI=1S/C23H19N5O3S/c29-20(13-24-22(30)17-11-12-32-15-17)25-26-23(31)19-14-28(18-9-5-2-6-10-18)27-21(19)16-7-3-1-4-8-16/h1-12,14-15H,13H2,(H,24,30)(H,25,29)(H,26,31). The molecule has 4 rings (SSSR count). The minimum absolute atomic E-state index is 0.274. The third-order valence-corrected chi connectivity index (χ3v) is 5.22. The fourth-order valence-electron chi connectivity index (χ4n) is 2.96. The first kappa shape index (κ1) is 21.0. The molecule has 3 N–H and O–H groups in total. The molecule has 0 aliphatic rings. The lowest BCUT2D eigenvalue weighted by Crippen LogP contribution is -2.46. The number of para-hydroxylation sites is 1. The van der Waals surface area contributed by atoms with Crippen LogP contribution >= 0.6 is 11.3 Å². The van der Waals surface area contributed by atoms with Gasteiger partial charge in [0.15, 0.2) is 0 Å². The van der Waals surface area contributed by atoms with Gasteiger partial charge in [0.05, 0.1) is 17.8 Å². The first-order chi connectivity index (χ1) is 15.6. The summed E-state index contributed by atoms with van der Waals surface area (Å²) in [6.07, 6.45) is 1.61. The molecule has 4 aromatic rings. The van der Waals surface area contributed by atoms with E-state index in [1.165, 1.54) is 11.3 Å². The van der Waals surface area contributed by atoms with E-state index in [2.05, 4.69) is 21.3 Å². The highest BCUT2D eigenvalue weighted by atomic mass is 32.1. The van der Waals surface area contributed by atoms with E-state index < -0.39 is 11.8 Å². The van der Waals surface area contributed by atoms with Crippen molar-refractivity contribution in [1.29, 1.82) is 0 Å². The van der Waals surface area contributed by atoms with Crippen LogP contribution in [0.15, 0.2) is 83.7 Å². The molecule has 0 aliphatic carbocycles. The summed E-state index contributed by atoms with van der Waals surface area (Å²) < 4.78 is 1.61. The van der Waals surface area contributed by atoms with E-state index in [4.69, 9.17) is 0 Å². The predicted octanol–water partition coefficient (Wildman–Crippen LogP) is 2.79. The van der Waals surface area contributed by atoms with Gasteiger partial charge in [-0.15, -0.1) is 0 Å². The summed E-state index contributed by atoms with van der Waals surface area (Å²) in [4.78, 5) is 36.8. The van der Waals surface area contributed by atoms with Crippen molar-refractivity contribution >= 4 is 29.1 Å². The lowest BCUT2D eigenvalue weighted by molar-refractivity contribution is -0.120. The molecule has 0 bridgehead atoms. The van der Waals surface area contributed by atoms with E-state index in [1.807, 2.05) is 60.7 Å². The number of hydrazine groups is 1. The highest BCUT2D eigenvalue weighted by Crippen LogP contribution is 2.23. The molecule has 2 heterocycles.